The van der Waals surface area contributed by atoms with Crippen molar-refractivity contribution in [1.82, 2.24) is 3.98 Å². The molecule has 1 aromatic heterocycles. The summed E-state index contributed by atoms with van der Waals surface area (Å²) in [5.74, 6) is 0. The fourth-order valence-corrected chi connectivity index (χ4v) is 2.78. The van der Waals surface area contributed by atoms with Gasteiger partial charge in [0, 0.05) is 0 Å². The van der Waals surface area contributed by atoms with Crippen LogP contribution < -0.4 is 5.56 Å². The Morgan fingerprint density at radius 2 is 2.27 bits per heavy atom. The predicted molar refractivity (Wildman–Crippen MR) is 49.2 cm³/mol. The van der Waals surface area contributed by atoms with Crippen molar-refractivity contribution in [3.8, 4) is 0 Å². The van der Waals surface area contributed by atoms with Gasteiger partial charge in [0.05, 0.1) is 0 Å². The third-order valence-electron chi connectivity index (χ3n) is 1.44. The van der Waals surface area contributed by atoms with Gasteiger partial charge in [-0.2, -0.15) is 0 Å². The van der Waals surface area contributed by atoms with Crippen LogP contribution in [0.1, 0.15) is 0 Å². The second-order valence-electron chi connectivity index (χ2n) is 2.17. The topological polar surface area (TPSA) is 32.9 Å². The number of benzene rings is 1. The molecule has 2 aromatic rings. The van der Waals surface area contributed by atoms with Crippen molar-refractivity contribution in [2.45, 2.75) is 0 Å². The van der Waals surface area contributed by atoms with E-state index in [1.54, 1.807) is 0 Å². The first-order chi connectivity index (χ1) is 5.27. The van der Waals surface area contributed by atoms with Crippen molar-refractivity contribution in [1.29, 1.82) is 0 Å². The second-order valence-corrected chi connectivity index (χ2v) is 4.87. The van der Waals surface area contributed by atoms with Crippen molar-refractivity contribution in [3.05, 3.63) is 33.0 Å². The summed E-state index contributed by atoms with van der Waals surface area (Å²) in [7, 11) is 0. The van der Waals surface area contributed by atoms with Crippen LogP contribution in [0.5, 0.6) is 0 Å². The zero-order valence-corrected chi connectivity index (χ0v) is 8.73. The van der Waals surface area contributed by atoms with Crippen LogP contribution in [-0.2, 0) is 0 Å². The molecule has 11 heavy (non-hydrogen) atoms. The van der Waals surface area contributed by atoms with E-state index in [2.05, 4.69) is 19.9 Å². The zero-order valence-electron chi connectivity index (χ0n) is 5.43. The summed E-state index contributed by atoms with van der Waals surface area (Å²) in [6.45, 7) is 0. The molecule has 0 amide bonds. The first-order valence-corrected chi connectivity index (χ1v) is 5.55. The molecule has 1 N–H and O–H groups in total. The van der Waals surface area contributed by atoms with Crippen LogP contribution in [0.15, 0.2) is 27.5 Å². The van der Waals surface area contributed by atoms with E-state index in [-0.39, 0.29) is 20.3 Å². The fraction of sp³-hybridized carbons (Fsp3) is 0. The Kier molecular flexibility index (Phi) is 1.75. The number of hydrogen-bond acceptors (Lipinski definition) is 1. The van der Waals surface area contributed by atoms with Crippen LogP contribution in [0.4, 0.5) is 0 Å². The summed E-state index contributed by atoms with van der Waals surface area (Å²) in [6.07, 6.45) is 0. The summed E-state index contributed by atoms with van der Waals surface area (Å²) >= 11 is 3.47. The molecular formula is C7H4BrNOSe. The van der Waals surface area contributed by atoms with E-state index in [0.29, 0.717) is 0 Å². The summed E-state index contributed by atoms with van der Waals surface area (Å²) in [4.78, 5) is 11.1. The van der Waals surface area contributed by atoms with Crippen molar-refractivity contribution in [2.24, 2.45) is 0 Å². The number of rotatable bonds is 0. The average molecular weight is 277 g/mol. The molecule has 0 saturated carbocycles. The normalized spacial score (nSPS) is 10.6. The molecule has 1 aromatic carbocycles. The van der Waals surface area contributed by atoms with Crippen molar-refractivity contribution < 1.29 is 0 Å². The SMILES string of the molecule is O=c1[nH][se]c2ccc(Br)cc12. The Hall–Kier alpha value is -0.311. The number of H-pyrrole nitrogens is 1. The molecule has 0 bridgehead atoms. The zero-order chi connectivity index (χ0) is 7.84. The third-order valence-corrected chi connectivity index (χ3v) is 3.74. The van der Waals surface area contributed by atoms with E-state index in [1.165, 1.54) is 0 Å². The molecule has 0 spiro atoms. The molecule has 0 atom stereocenters. The van der Waals surface area contributed by atoms with Gasteiger partial charge < -0.3 is 0 Å². The Labute approximate surface area is 77.3 Å². The van der Waals surface area contributed by atoms with Crippen LogP contribution in [0.25, 0.3) is 9.65 Å². The average Bonchev–Trinajstić information content (AvgIpc) is 2.33. The summed E-state index contributed by atoms with van der Waals surface area (Å²) in [6, 6.07) is 5.80. The van der Waals surface area contributed by atoms with E-state index in [0.717, 1.165) is 14.1 Å². The number of fused-ring (bicyclic) bond motifs is 1. The van der Waals surface area contributed by atoms with E-state index in [4.69, 9.17) is 0 Å². The summed E-state index contributed by atoms with van der Waals surface area (Å²) in [5.41, 5.74) is 0.0568. The first-order valence-electron chi connectivity index (χ1n) is 3.04. The van der Waals surface area contributed by atoms with Gasteiger partial charge in [0.1, 0.15) is 0 Å². The second kappa shape index (κ2) is 2.63. The maximum absolute atomic E-state index is 11.1. The molecular weight excluding hydrogens is 273 g/mol. The Morgan fingerprint density at radius 1 is 1.45 bits per heavy atom. The Morgan fingerprint density at radius 3 is 3.09 bits per heavy atom. The third kappa shape index (κ3) is 1.22. The molecule has 1 heterocycles. The summed E-state index contributed by atoms with van der Waals surface area (Å²) < 4.78 is 4.92. The van der Waals surface area contributed by atoms with Gasteiger partial charge in [-0.3, -0.25) is 0 Å². The first kappa shape index (κ1) is 7.34. The van der Waals surface area contributed by atoms with E-state index < -0.39 is 0 Å². The molecule has 0 saturated heterocycles. The van der Waals surface area contributed by atoms with Gasteiger partial charge in [-0.1, -0.05) is 0 Å². The Balaban J connectivity index is 2.99. The molecule has 0 aliphatic rings. The van der Waals surface area contributed by atoms with Gasteiger partial charge >= 0.3 is 77.3 Å². The number of halogens is 1. The molecule has 0 aliphatic carbocycles. The molecule has 0 fully saturated rings. The van der Waals surface area contributed by atoms with Crippen molar-refractivity contribution in [3.63, 3.8) is 0 Å². The monoisotopic (exact) mass is 277 g/mol. The van der Waals surface area contributed by atoms with E-state index in [1.807, 2.05) is 18.2 Å². The van der Waals surface area contributed by atoms with Gasteiger partial charge in [-0.25, -0.2) is 0 Å². The van der Waals surface area contributed by atoms with Gasteiger partial charge in [-0.05, 0) is 0 Å². The molecule has 2 rings (SSSR count). The molecule has 2 nitrogen and oxygen atoms in total. The molecule has 0 radical (unpaired) electrons. The van der Waals surface area contributed by atoms with Gasteiger partial charge in [0.25, 0.3) is 0 Å². The van der Waals surface area contributed by atoms with Crippen LogP contribution in [-0.4, -0.2) is 18.7 Å². The molecule has 0 aliphatic heterocycles. The molecule has 56 valence electrons. The number of aromatic amines is 1. The molecule has 4 heteroatoms. The summed E-state index contributed by atoms with van der Waals surface area (Å²) in [5, 5.41) is 0.819. The van der Waals surface area contributed by atoms with Crippen molar-refractivity contribution >= 4 is 40.3 Å². The fourth-order valence-electron chi connectivity index (χ4n) is 0.925. The van der Waals surface area contributed by atoms with E-state index >= 15 is 0 Å². The van der Waals surface area contributed by atoms with Gasteiger partial charge in [0.2, 0.25) is 0 Å². The van der Waals surface area contributed by atoms with Crippen LogP contribution in [0.3, 0.4) is 0 Å². The van der Waals surface area contributed by atoms with Gasteiger partial charge in [-0.15, -0.1) is 0 Å². The number of nitrogens with one attached hydrogen (secondary N) is 1. The maximum atomic E-state index is 11.1. The number of hydrogen-bond donors (Lipinski definition) is 1. The Bertz CT molecular complexity index is 445. The quantitative estimate of drug-likeness (QED) is 0.724. The van der Waals surface area contributed by atoms with Crippen molar-refractivity contribution in [2.75, 3.05) is 0 Å². The number of aromatic nitrogens is 1. The van der Waals surface area contributed by atoms with Gasteiger partial charge in [0.15, 0.2) is 0 Å². The van der Waals surface area contributed by atoms with Crippen LogP contribution in [0, 0.1) is 0 Å². The predicted octanol–water partition coefficient (Wildman–Crippen LogP) is 1.35. The molecule has 0 unspecified atom stereocenters. The van der Waals surface area contributed by atoms with Crippen LogP contribution in [0.2, 0.25) is 0 Å². The minimum atomic E-state index is 0.0568. The van der Waals surface area contributed by atoms with E-state index in [9.17, 15) is 4.79 Å². The minimum absolute atomic E-state index is 0.0568. The standard InChI is InChI=1S/C7H4BrNOSe/c8-4-1-2-6-5(3-4)7(10)9-11-6/h1-3H,(H,9,10). The van der Waals surface area contributed by atoms with Crippen LogP contribution >= 0.6 is 15.9 Å².